The maximum absolute atomic E-state index is 12.7. The van der Waals surface area contributed by atoms with Gasteiger partial charge in [-0.3, -0.25) is 4.79 Å². The number of amides is 1. The van der Waals surface area contributed by atoms with Gasteiger partial charge in [0.25, 0.3) is 5.91 Å². The van der Waals surface area contributed by atoms with Crippen molar-refractivity contribution in [3.8, 4) is 5.75 Å². The van der Waals surface area contributed by atoms with Gasteiger partial charge in [-0.1, -0.05) is 19.1 Å². The molecule has 0 aliphatic carbocycles. The van der Waals surface area contributed by atoms with Crippen LogP contribution in [0.4, 0.5) is 0 Å². The molecule has 1 aromatic carbocycles. The fourth-order valence-corrected chi connectivity index (χ4v) is 4.81. The average Bonchev–Trinajstić information content (AvgIpc) is 2.98. The number of rotatable bonds is 7. The van der Waals surface area contributed by atoms with Crippen molar-refractivity contribution in [1.82, 2.24) is 4.90 Å². The van der Waals surface area contributed by atoms with Crippen LogP contribution in [0.2, 0.25) is 0 Å². The second kappa shape index (κ2) is 8.53. The topological polar surface area (TPSA) is 90.0 Å². The first-order valence-electron chi connectivity index (χ1n) is 8.60. The first-order valence-corrected chi connectivity index (χ1v) is 10.4. The van der Waals surface area contributed by atoms with E-state index in [0.717, 1.165) is 0 Å². The standard InChI is InChI=1S/C18H25NO6S/c1-4-13(2)19(14-9-10-26(22,23)12-14)17(20)11-25-18(21)15-7-5-6-8-16(15)24-3/h5-8,13-14H,4,9-12H2,1-3H3/t13-,14-/m1/s1. The zero-order valence-electron chi connectivity index (χ0n) is 15.3. The number of esters is 1. The van der Waals surface area contributed by atoms with Crippen molar-refractivity contribution >= 4 is 21.7 Å². The van der Waals surface area contributed by atoms with Crippen LogP contribution in [0, 0.1) is 0 Å². The van der Waals surface area contributed by atoms with Gasteiger partial charge in [0.05, 0.1) is 18.6 Å². The third-order valence-electron chi connectivity index (χ3n) is 4.61. The minimum Gasteiger partial charge on any atom is -0.496 e. The molecule has 2 rings (SSSR count). The van der Waals surface area contributed by atoms with Crippen molar-refractivity contribution in [1.29, 1.82) is 0 Å². The summed E-state index contributed by atoms with van der Waals surface area (Å²) >= 11 is 0. The number of ether oxygens (including phenoxy) is 2. The SMILES string of the molecule is CC[C@@H](C)N(C(=O)COC(=O)c1ccccc1OC)[C@@H]1CCS(=O)(=O)C1. The molecule has 0 saturated carbocycles. The second-order valence-electron chi connectivity index (χ2n) is 6.39. The summed E-state index contributed by atoms with van der Waals surface area (Å²) in [5.41, 5.74) is 0.237. The minimum atomic E-state index is -3.12. The molecule has 0 bridgehead atoms. The monoisotopic (exact) mass is 383 g/mol. The summed E-state index contributed by atoms with van der Waals surface area (Å²) in [5, 5.41) is 0. The zero-order valence-corrected chi connectivity index (χ0v) is 16.1. The molecule has 1 aromatic rings. The minimum absolute atomic E-state index is 0.0382. The van der Waals surface area contributed by atoms with E-state index < -0.39 is 22.4 Å². The normalized spacial score (nSPS) is 19.6. The molecule has 26 heavy (non-hydrogen) atoms. The van der Waals surface area contributed by atoms with Crippen molar-refractivity contribution in [2.24, 2.45) is 0 Å². The number of nitrogens with zero attached hydrogens (tertiary/aromatic N) is 1. The Kier molecular flexibility index (Phi) is 6.63. The van der Waals surface area contributed by atoms with Crippen LogP contribution in [-0.2, 0) is 19.4 Å². The van der Waals surface area contributed by atoms with E-state index in [2.05, 4.69) is 0 Å². The molecular formula is C18H25NO6S. The van der Waals surface area contributed by atoms with E-state index in [1.165, 1.54) is 7.11 Å². The molecule has 1 aliphatic rings. The van der Waals surface area contributed by atoms with E-state index in [1.807, 2.05) is 13.8 Å². The zero-order chi connectivity index (χ0) is 19.3. The van der Waals surface area contributed by atoms with Crippen molar-refractivity contribution in [2.75, 3.05) is 25.2 Å². The Balaban J connectivity index is 2.06. The molecule has 2 atom stereocenters. The van der Waals surface area contributed by atoms with Gasteiger partial charge in [0.2, 0.25) is 0 Å². The number of benzene rings is 1. The summed E-state index contributed by atoms with van der Waals surface area (Å²) in [5.74, 6) is -0.628. The van der Waals surface area contributed by atoms with Crippen LogP contribution in [0.3, 0.4) is 0 Å². The van der Waals surface area contributed by atoms with Gasteiger partial charge in [0.15, 0.2) is 16.4 Å². The quantitative estimate of drug-likeness (QED) is 0.665. The van der Waals surface area contributed by atoms with Gasteiger partial charge in [-0.05, 0) is 31.9 Å². The molecular weight excluding hydrogens is 358 g/mol. The van der Waals surface area contributed by atoms with Crippen LogP contribution in [0.1, 0.15) is 37.0 Å². The first-order chi connectivity index (χ1) is 12.3. The number of carbonyl (C=O) groups is 2. The number of hydrogen-bond acceptors (Lipinski definition) is 6. The summed E-state index contributed by atoms with van der Waals surface area (Å²) in [6.45, 7) is 3.36. The maximum atomic E-state index is 12.7. The lowest BCUT2D eigenvalue weighted by Gasteiger charge is -2.33. The Bertz CT molecular complexity index is 761. The number of carbonyl (C=O) groups excluding carboxylic acids is 2. The fourth-order valence-electron chi connectivity index (χ4n) is 3.09. The highest BCUT2D eigenvalue weighted by Crippen LogP contribution is 2.22. The molecule has 0 aromatic heterocycles. The Labute approximate surface area is 154 Å². The Hall–Kier alpha value is -2.09. The van der Waals surface area contributed by atoms with Crippen LogP contribution >= 0.6 is 0 Å². The molecule has 1 fully saturated rings. The fraction of sp³-hybridized carbons (Fsp3) is 0.556. The highest BCUT2D eigenvalue weighted by atomic mass is 32.2. The molecule has 1 saturated heterocycles. The lowest BCUT2D eigenvalue weighted by Crippen LogP contribution is -2.48. The van der Waals surface area contributed by atoms with Gasteiger partial charge >= 0.3 is 5.97 Å². The molecule has 7 nitrogen and oxygen atoms in total. The van der Waals surface area contributed by atoms with Crippen molar-refractivity contribution in [3.63, 3.8) is 0 Å². The third kappa shape index (κ3) is 4.75. The molecule has 0 radical (unpaired) electrons. The van der Waals surface area contributed by atoms with Crippen LogP contribution < -0.4 is 4.74 Å². The Morgan fingerprint density at radius 1 is 1.31 bits per heavy atom. The number of hydrogen-bond donors (Lipinski definition) is 0. The molecule has 0 unspecified atom stereocenters. The highest BCUT2D eigenvalue weighted by molar-refractivity contribution is 7.91. The third-order valence-corrected chi connectivity index (χ3v) is 6.36. The summed E-state index contributed by atoms with van der Waals surface area (Å²) in [6.07, 6.45) is 1.10. The largest absolute Gasteiger partial charge is 0.496 e. The maximum Gasteiger partial charge on any atom is 0.342 e. The van der Waals surface area contributed by atoms with E-state index >= 15 is 0 Å². The van der Waals surface area contributed by atoms with Gasteiger partial charge in [0.1, 0.15) is 11.3 Å². The van der Waals surface area contributed by atoms with E-state index in [-0.39, 0.29) is 35.1 Å². The number of methoxy groups -OCH3 is 1. The molecule has 8 heteroatoms. The Morgan fingerprint density at radius 3 is 2.58 bits per heavy atom. The van der Waals surface area contributed by atoms with Gasteiger partial charge in [-0.15, -0.1) is 0 Å². The predicted molar refractivity (Wildman–Crippen MR) is 96.9 cm³/mol. The van der Waals surface area contributed by atoms with Gasteiger partial charge in [-0.2, -0.15) is 0 Å². The summed E-state index contributed by atoms with van der Waals surface area (Å²) in [4.78, 5) is 26.5. The predicted octanol–water partition coefficient (Wildman–Crippen LogP) is 1.67. The van der Waals surface area contributed by atoms with Gasteiger partial charge in [-0.25, -0.2) is 13.2 Å². The lowest BCUT2D eigenvalue weighted by molar-refractivity contribution is -0.138. The van der Waals surface area contributed by atoms with E-state index in [4.69, 9.17) is 9.47 Å². The number of para-hydroxylation sites is 1. The number of sulfone groups is 1. The van der Waals surface area contributed by atoms with Crippen molar-refractivity contribution in [3.05, 3.63) is 29.8 Å². The van der Waals surface area contributed by atoms with E-state index in [0.29, 0.717) is 18.6 Å². The summed E-state index contributed by atoms with van der Waals surface area (Å²) in [6, 6.07) is 6.09. The molecule has 1 aliphatic heterocycles. The van der Waals surface area contributed by atoms with Crippen LogP contribution in [-0.4, -0.2) is 62.5 Å². The molecule has 0 N–H and O–H groups in total. The summed E-state index contributed by atoms with van der Waals surface area (Å²) < 4.78 is 33.8. The lowest BCUT2D eigenvalue weighted by atomic mass is 10.1. The van der Waals surface area contributed by atoms with Gasteiger partial charge < -0.3 is 14.4 Å². The molecule has 1 heterocycles. The first kappa shape index (κ1) is 20.2. The molecule has 144 valence electrons. The van der Waals surface area contributed by atoms with Crippen LogP contribution in [0.15, 0.2) is 24.3 Å². The highest BCUT2D eigenvalue weighted by Gasteiger charge is 2.36. The van der Waals surface area contributed by atoms with E-state index in [9.17, 15) is 18.0 Å². The van der Waals surface area contributed by atoms with Crippen LogP contribution in [0.5, 0.6) is 5.75 Å². The van der Waals surface area contributed by atoms with Crippen LogP contribution in [0.25, 0.3) is 0 Å². The molecule has 1 amide bonds. The van der Waals surface area contributed by atoms with Crippen molar-refractivity contribution in [2.45, 2.75) is 38.8 Å². The van der Waals surface area contributed by atoms with Crippen molar-refractivity contribution < 1.29 is 27.5 Å². The second-order valence-corrected chi connectivity index (χ2v) is 8.62. The summed E-state index contributed by atoms with van der Waals surface area (Å²) in [7, 11) is -1.67. The van der Waals surface area contributed by atoms with E-state index in [1.54, 1.807) is 29.2 Å². The smallest absolute Gasteiger partial charge is 0.342 e. The van der Waals surface area contributed by atoms with Gasteiger partial charge in [0, 0.05) is 12.1 Å². The molecule has 0 spiro atoms. The Morgan fingerprint density at radius 2 is 2.00 bits per heavy atom. The average molecular weight is 383 g/mol.